The molecule has 1 aromatic carbocycles. The fourth-order valence-corrected chi connectivity index (χ4v) is 2.03. The van der Waals surface area contributed by atoms with E-state index in [2.05, 4.69) is 22.7 Å². The number of hydrogen-bond donors (Lipinski definition) is 2. The topological polar surface area (TPSA) is 58.9 Å². The van der Waals surface area contributed by atoms with Gasteiger partial charge in [0.1, 0.15) is 0 Å². The Hall–Kier alpha value is -1.88. The third kappa shape index (κ3) is 3.12. The van der Waals surface area contributed by atoms with Crippen LogP contribution in [0.3, 0.4) is 0 Å². The molecule has 19 heavy (non-hydrogen) atoms. The Labute approximate surface area is 113 Å². The number of carbonyl (C=O) groups excluding carboxylic acids is 1. The summed E-state index contributed by atoms with van der Waals surface area (Å²) in [5.74, 6) is -0.116. The lowest BCUT2D eigenvalue weighted by Crippen LogP contribution is -2.32. The number of nitrogens with one attached hydrogen (secondary N) is 2. The normalized spacial score (nSPS) is 10.8. The average molecular weight is 260 g/mol. The molecule has 1 amide bonds. The Morgan fingerprint density at radius 1 is 1.26 bits per heavy atom. The first-order valence-corrected chi connectivity index (χ1v) is 6.64. The molecule has 0 radical (unpaired) electrons. The van der Waals surface area contributed by atoms with Crippen LogP contribution < -0.4 is 10.6 Å². The van der Waals surface area contributed by atoms with Gasteiger partial charge in [-0.3, -0.25) is 9.48 Å². The number of nitrogens with zero attached hydrogens (tertiary/aromatic N) is 2. The van der Waals surface area contributed by atoms with Crippen molar-refractivity contribution in [3.8, 4) is 0 Å². The van der Waals surface area contributed by atoms with Crippen LogP contribution in [-0.2, 0) is 7.05 Å². The van der Waals surface area contributed by atoms with E-state index in [-0.39, 0.29) is 5.91 Å². The minimum atomic E-state index is -0.116. The van der Waals surface area contributed by atoms with Crippen LogP contribution in [0.4, 0.5) is 0 Å². The van der Waals surface area contributed by atoms with Gasteiger partial charge in [-0.05, 0) is 19.0 Å². The van der Waals surface area contributed by atoms with Crippen molar-refractivity contribution in [1.29, 1.82) is 0 Å². The molecule has 0 saturated heterocycles. The van der Waals surface area contributed by atoms with Gasteiger partial charge in [-0.15, -0.1) is 0 Å². The molecule has 5 nitrogen and oxygen atoms in total. The Morgan fingerprint density at radius 3 is 2.84 bits per heavy atom. The van der Waals surface area contributed by atoms with Crippen molar-refractivity contribution in [3.63, 3.8) is 0 Å². The third-order valence-electron chi connectivity index (χ3n) is 2.99. The summed E-state index contributed by atoms with van der Waals surface area (Å²) in [5.41, 5.74) is 1.46. The maximum atomic E-state index is 12.1. The van der Waals surface area contributed by atoms with Crippen LogP contribution in [0.5, 0.6) is 0 Å². The van der Waals surface area contributed by atoms with Crippen molar-refractivity contribution in [2.45, 2.75) is 13.3 Å². The molecule has 5 heteroatoms. The van der Waals surface area contributed by atoms with Crippen LogP contribution in [0.1, 0.15) is 23.8 Å². The van der Waals surface area contributed by atoms with Gasteiger partial charge < -0.3 is 10.6 Å². The lowest BCUT2D eigenvalue weighted by Gasteiger charge is -2.04. The maximum Gasteiger partial charge on any atom is 0.272 e. The van der Waals surface area contributed by atoms with Crippen LogP contribution in [0.15, 0.2) is 24.3 Å². The Balaban J connectivity index is 2.01. The number of amides is 1. The van der Waals surface area contributed by atoms with Gasteiger partial charge in [0.15, 0.2) is 5.69 Å². The molecule has 0 aliphatic carbocycles. The first-order chi connectivity index (χ1) is 9.24. The summed E-state index contributed by atoms with van der Waals surface area (Å²) in [7, 11) is 1.85. The largest absolute Gasteiger partial charge is 0.349 e. The summed E-state index contributed by atoms with van der Waals surface area (Å²) in [6.45, 7) is 4.49. The minimum absolute atomic E-state index is 0.116. The number of benzene rings is 1. The van der Waals surface area contributed by atoms with Gasteiger partial charge in [-0.2, -0.15) is 5.10 Å². The number of aromatic nitrogens is 2. The highest BCUT2D eigenvalue weighted by molar-refractivity contribution is 6.04. The third-order valence-corrected chi connectivity index (χ3v) is 2.99. The Kier molecular flexibility index (Phi) is 4.52. The number of rotatable bonds is 6. The lowest BCUT2D eigenvalue weighted by molar-refractivity contribution is 0.0950. The van der Waals surface area contributed by atoms with E-state index in [9.17, 15) is 4.79 Å². The van der Waals surface area contributed by atoms with Crippen molar-refractivity contribution in [2.75, 3.05) is 19.6 Å². The van der Waals surface area contributed by atoms with Gasteiger partial charge >= 0.3 is 0 Å². The smallest absolute Gasteiger partial charge is 0.272 e. The second-order valence-corrected chi connectivity index (χ2v) is 4.50. The van der Waals surface area contributed by atoms with E-state index in [4.69, 9.17) is 0 Å². The van der Waals surface area contributed by atoms with Gasteiger partial charge in [0.05, 0.1) is 5.52 Å². The van der Waals surface area contributed by atoms with Crippen molar-refractivity contribution >= 4 is 16.8 Å². The van der Waals surface area contributed by atoms with Crippen LogP contribution in [-0.4, -0.2) is 35.3 Å². The zero-order valence-electron chi connectivity index (χ0n) is 11.4. The summed E-state index contributed by atoms with van der Waals surface area (Å²) in [6, 6.07) is 7.75. The molecule has 0 aliphatic rings. The Bertz CT molecular complexity index is 562. The van der Waals surface area contributed by atoms with E-state index in [1.165, 1.54) is 0 Å². The Morgan fingerprint density at radius 2 is 2.05 bits per heavy atom. The van der Waals surface area contributed by atoms with Crippen LogP contribution in [0.2, 0.25) is 0 Å². The first-order valence-electron chi connectivity index (χ1n) is 6.64. The molecular formula is C14H20N4O. The van der Waals surface area contributed by atoms with E-state index in [0.29, 0.717) is 12.2 Å². The van der Waals surface area contributed by atoms with Crippen LogP contribution in [0.25, 0.3) is 10.9 Å². The fourth-order valence-electron chi connectivity index (χ4n) is 2.03. The summed E-state index contributed by atoms with van der Waals surface area (Å²) in [4.78, 5) is 12.1. The van der Waals surface area contributed by atoms with Crippen molar-refractivity contribution in [3.05, 3.63) is 30.0 Å². The number of carbonyl (C=O) groups is 1. The quantitative estimate of drug-likeness (QED) is 0.770. The molecule has 0 aliphatic heterocycles. The monoisotopic (exact) mass is 260 g/mol. The van der Waals surface area contributed by atoms with Gasteiger partial charge in [-0.1, -0.05) is 25.1 Å². The lowest BCUT2D eigenvalue weighted by atomic mass is 10.2. The van der Waals surface area contributed by atoms with Gasteiger partial charge in [-0.25, -0.2) is 0 Å². The summed E-state index contributed by atoms with van der Waals surface area (Å²) in [6.07, 6.45) is 1.10. The van der Waals surface area contributed by atoms with Gasteiger partial charge in [0.2, 0.25) is 0 Å². The molecule has 0 saturated carbocycles. The molecule has 2 rings (SSSR count). The second-order valence-electron chi connectivity index (χ2n) is 4.50. The van der Waals surface area contributed by atoms with Gasteiger partial charge in [0, 0.05) is 25.5 Å². The molecule has 0 unspecified atom stereocenters. The van der Waals surface area contributed by atoms with E-state index in [1.54, 1.807) is 4.68 Å². The molecule has 0 spiro atoms. The first kappa shape index (κ1) is 13.5. The zero-order valence-corrected chi connectivity index (χ0v) is 11.4. The molecule has 0 bridgehead atoms. The molecule has 0 atom stereocenters. The SMILES string of the molecule is CCCNCCNC(=O)c1nn(C)c2ccccc12. The summed E-state index contributed by atoms with van der Waals surface area (Å²) in [5, 5.41) is 11.3. The number of aryl methyl sites for hydroxylation is 1. The number of para-hydroxylation sites is 1. The molecular weight excluding hydrogens is 240 g/mol. The van der Waals surface area contributed by atoms with Crippen molar-refractivity contribution in [2.24, 2.45) is 7.05 Å². The highest BCUT2D eigenvalue weighted by atomic mass is 16.1. The van der Waals surface area contributed by atoms with Crippen molar-refractivity contribution in [1.82, 2.24) is 20.4 Å². The van der Waals surface area contributed by atoms with E-state index in [1.807, 2.05) is 31.3 Å². The fraction of sp³-hybridized carbons (Fsp3) is 0.429. The molecule has 1 aromatic heterocycles. The average Bonchev–Trinajstić information content (AvgIpc) is 2.76. The minimum Gasteiger partial charge on any atom is -0.349 e. The predicted molar refractivity (Wildman–Crippen MR) is 76.2 cm³/mol. The molecule has 0 fully saturated rings. The standard InChI is InChI=1S/C14H20N4O/c1-3-8-15-9-10-16-14(19)13-11-6-4-5-7-12(11)18(2)17-13/h4-7,15H,3,8-10H2,1-2H3,(H,16,19). The predicted octanol–water partition coefficient (Wildman–Crippen LogP) is 1.30. The van der Waals surface area contributed by atoms with Crippen LogP contribution in [0, 0.1) is 0 Å². The number of fused-ring (bicyclic) bond motifs is 1. The summed E-state index contributed by atoms with van der Waals surface area (Å²) < 4.78 is 1.74. The van der Waals surface area contributed by atoms with E-state index in [0.717, 1.165) is 30.4 Å². The molecule has 1 heterocycles. The summed E-state index contributed by atoms with van der Waals surface area (Å²) >= 11 is 0. The van der Waals surface area contributed by atoms with E-state index < -0.39 is 0 Å². The highest BCUT2D eigenvalue weighted by Gasteiger charge is 2.14. The molecule has 2 N–H and O–H groups in total. The molecule has 2 aromatic rings. The maximum absolute atomic E-state index is 12.1. The highest BCUT2D eigenvalue weighted by Crippen LogP contribution is 2.16. The van der Waals surface area contributed by atoms with Crippen molar-refractivity contribution < 1.29 is 4.79 Å². The molecule has 102 valence electrons. The van der Waals surface area contributed by atoms with E-state index >= 15 is 0 Å². The van der Waals surface area contributed by atoms with Crippen LogP contribution >= 0.6 is 0 Å². The zero-order chi connectivity index (χ0) is 13.7. The van der Waals surface area contributed by atoms with Gasteiger partial charge in [0.25, 0.3) is 5.91 Å². The second kappa shape index (κ2) is 6.33. The number of hydrogen-bond acceptors (Lipinski definition) is 3.